The first-order chi connectivity index (χ1) is 14.5. The molecule has 0 atom stereocenters. The number of rotatable bonds is 3. The summed E-state index contributed by atoms with van der Waals surface area (Å²) in [7, 11) is 0. The molecule has 0 amide bonds. The van der Waals surface area contributed by atoms with Gasteiger partial charge in [-0.15, -0.1) is 22.7 Å². The average molecular weight is 466 g/mol. The number of benzene rings is 2. The summed E-state index contributed by atoms with van der Waals surface area (Å²) < 4.78 is 77.6. The van der Waals surface area contributed by atoms with Gasteiger partial charge < -0.3 is 0 Å². The van der Waals surface area contributed by atoms with Gasteiger partial charge in [0, 0.05) is 25.8 Å². The molecule has 0 aliphatic carbocycles. The smallest absolute Gasteiger partial charge is 0.200 e. The molecule has 0 saturated carbocycles. The highest BCUT2D eigenvalue weighted by molar-refractivity contribution is 7.19. The molecule has 0 fully saturated rings. The topological polar surface area (TPSA) is 25.8 Å². The lowest BCUT2D eigenvalue weighted by Crippen LogP contribution is -2.03. The summed E-state index contributed by atoms with van der Waals surface area (Å²) >= 11 is 3.51. The van der Waals surface area contributed by atoms with E-state index in [-0.39, 0.29) is 4.88 Å². The second-order valence-electron chi connectivity index (χ2n) is 6.21. The van der Waals surface area contributed by atoms with Crippen molar-refractivity contribution in [3.63, 3.8) is 0 Å². The number of thiophene rings is 2. The summed E-state index contributed by atoms with van der Waals surface area (Å²) in [6.45, 7) is 0. The Kier molecular flexibility index (Phi) is 4.64. The zero-order chi connectivity index (χ0) is 21.0. The Bertz CT molecular complexity index is 1380. The van der Waals surface area contributed by atoms with Crippen LogP contribution in [0.2, 0.25) is 0 Å². The second-order valence-corrected chi connectivity index (χ2v) is 8.77. The highest BCUT2D eigenvalue weighted by Gasteiger charge is 2.27. The SMILES string of the molecule is Fc1c(F)c(F)c(-c2ccc(-c3ccc(-c4cccs4)c4nsnc34)s2)c(F)c1F. The van der Waals surface area contributed by atoms with Crippen molar-refractivity contribution in [2.24, 2.45) is 0 Å². The van der Waals surface area contributed by atoms with Gasteiger partial charge in [-0.2, -0.15) is 8.75 Å². The van der Waals surface area contributed by atoms with Crippen LogP contribution in [0, 0.1) is 29.1 Å². The second kappa shape index (κ2) is 7.22. The first-order valence-corrected chi connectivity index (χ1v) is 10.8. The van der Waals surface area contributed by atoms with E-state index in [0.29, 0.717) is 21.5 Å². The monoisotopic (exact) mass is 466 g/mol. The van der Waals surface area contributed by atoms with Gasteiger partial charge in [-0.1, -0.05) is 18.2 Å². The van der Waals surface area contributed by atoms with Gasteiger partial charge >= 0.3 is 0 Å². The fourth-order valence-electron chi connectivity index (χ4n) is 3.13. The zero-order valence-electron chi connectivity index (χ0n) is 14.6. The fraction of sp³-hybridized carbons (Fsp3) is 0. The molecule has 0 unspecified atom stereocenters. The summed E-state index contributed by atoms with van der Waals surface area (Å²) in [5, 5.41) is 1.95. The van der Waals surface area contributed by atoms with E-state index in [0.717, 1.165) is 33.5 Å². The van der Waals surface area contributed by atoms with Crippen LogP contribution in [0.3, 0.4) is 0 Å². The van der Waals surface area contributed by atoms with Crippen molar-refractivity contribution in [3.05, 3.63) is 70.9 Å². The molecule has 30 heavy (non-hydrogen) atoms. The maximum Gasteiger partial charge on any atom is 0.200 e. The van der Waals surface area contributed by atoms with Crippen molar-refractivity contribution in [1.82, 2.24) is 8.75 Å². The summed E-state index contributed by atoms with van der Waals surface area (Å²) in [6, 6.07) is 10.5. The molecule has 0 saturated heterocycles. The third-order valence-corrected chi connectivity index (χ3v) is 7.10. The maximum absolute atomic E-state index is 14.2. The Morgan fingerprint density at radius 3 is 1.77 bits per heavy atom. The molecule has 3 aromatic heterocycles. The number of halogens is 5. The predicted molar refractivity (Wildman–Crippen MR) is 109 cm³/mol. The van der Waals surface area contributed by atoms with Gasteiger partial charge in [0.15, 0.2) is 23.3 Å². The van der Waals surface area contributed by atoms with Gasteiger partial charge in [0.25, 0.3) is 0 Å². The molecular formula is C20H7F5N2S3. The minimum absolute atomic E-state index is 0.0727. The number of nitrogens with zero attached hydrogens (tertiary/aromatic N) is 2. The lowest BCUT2D eigenvalue weighted by Gasteiger charge is -2.06. The van der Waals surface area contributed by atoms with Crippen LogP contribution < -0.4 is 0 Å². The van der Waals surface area contributed by atoms with Crippen molar-refractivity contribution in [2.45, 2.75) is 0 Å². The molecule has 0 N–H and O–H groups in total. The minimum atomic E-state index is -2.18. The minimum Gasteiger partial charge on any atom is -0.203 e. The normalized spacial score (nSPS) is 11.5. The van der Waals surface area contributed by atoms with Crippen LogP contribution in [0.1, 0.15) is 0 Å². The van der Waals surface area contributed by atoms with E-state index >= 15 is 0 Å². The van der Waals surface area contributed by atoms with Crippen LogP contribution >= 0.6 is 34.4 Å². The van der Waals surface area contributed by atoms with E-state index in [1.165, 1.54) is 6.07 Å². The Morgan fingerprint density at radius 2 is 1.17 bits per heavy atom. The van der Waals surface area contributed by atoms with E-state index in [4.69, 9.17) is 0 Å². The Balaban J connectivity index is 1.66. The van der Waals surface area contributed by atoms with Crippen LogP contribution in [0.5, 0.6) is 0 Å². The van der Waals surface area contributed by atoms with Gasteiger partial charge in [-0.3, -0.25) is 0 Å². The molecule has 3 heterocycles. The molecular weight excluding hydrogens is 459 g/mol. The Labute approximate surface area is 178 Å². The molecule has 5 aromatic rings. The number of hydrogen-bond acceptors (Lipinski definition) is 5. The number of fused-ring (bicyclic) bond motifs is 1. The summed E-state index contributed by atoms with van der Waals surface area (Å²) in [5.41, 5.74) is 1.93. The quantitative estimate of drug-likeness (QED) is 0.156. The molecule has 0 spiro atoms. The van der Waals surface area contributed by atoms with Gasteiger partial charge in [0.2, 0.25) is 5.82 Å². The summed E-state index contributed by atoms with van der Waals surface area (Å²) in [4.78, 5) is 1.52. The molecule has 2 nitrogen and oxygen atoms in total. The maximum atomic E-state index is 14.2. The number of hydrogen-bond donors (Lipinski definition) is 0. The molecule has 2 aromatic carbocycles. The molecule has 150 valence electrons. The first-order valence-electron chi connectivity index (χ1n) is 8.38. The molecule has 0 radical (unpaired) electrons. The van der Waals surface area contributed by atoms with Crippen LogP contribution in [0.15, 0.2) is 41.8 Å². The van der Waals surface area contributed by atoms with E-state index in [9.17, 15) is 22.0 Å². The lowest BCUT2D eigenvalue weighted by atomic mass is 10.1. The third kappa shape index (κ3) is 2.86. The largest absolute Gasteiger partial charge is 0.203 e. The standard InChI is InChI=1S/C20H7F5N2S3/c21-14-13(15(22)17(24)18(25)16(14)23)12-6-5-11(29-12)9-4-3-8(10-2-1-7-28-10)19-20(9)27-30-26-19/h1-7H. The molecule has 0 aliphatic rings. The van der Waals surface area contributed by atoms with Crippen LogP contribution in [-0.4, -0.2) is 8.75 Å². The molecule has 0 bridgehead atoms. The van der Waals surface area contributed by atoms with Gasteiger partial charge in [-0.25, -0.2) is 22.0 Å². The van der Waals surface area contributed by atoms with Gasteiger partial charge in [0.05, 0.1) is 17.3 Å². The van der Waals surface area contributed by atoms with Crippen LogP contribution in [0.4, 0.5) is 22.0 Å². The van der Waals surface area contributed by atoms with Gasteiger partial charge in [-0.05, 0) is 23.6 Å². The fourth-order valence-corrected chi connectivity index (χ4v) is 5.53. The zero-order valence-corrected chi connectivity index (χ0v) is 17.0. The van der Waals surface area contributed by atoms with Crippen molar-refractivity contribution in [2.75, 3.05) is 0 Å². The molecule has 10 heteroatoms. The summed E-state index contributed by atoms with van der Waals surface area (Å²) in [5.74, 6) is -9.82. The van der Waals surface area contributed by atoms with E-state index in [1.807, 2.05) is 29.6 Å². The predicted octanol–water partition coefficient (Wildman–Crippen LogP) is 7.51. The van der Waals surface area contributed by atoms with E-state index in [1.54, 1.807) is 17.4 Å². The third-order valence-electron chi connectivity index (χ3n) is 4.53. The lowest BCUT2D eigenvalue weighted by molar-refractivity contribution is 0.381. The van der Waals surface area contributed by atoms with Crippen molar-refractivity contribution in [1.29, 1.82) is 0 Å². The first kappa shape index (κ1) is 19.3. The van der Waals surface area contributed by atoms with Crippen LogP contribution in [0.25, 0.3) is 42.4 Å². The van der Waals surface area contributed by atoms with Gasteiger partial charge in [0.1, 0.15) is 11.0 Å². The van der Waals surface area contributed by atoms with E-state index < -0.39 is 34.6 Å². The Hall–Kier alpha value is -2.69. The highest BCUT2D eigenvalue weighted by Crippen LogP contribution is 2.42. The Morgan fingerprint density at radius 1 is 0.600 bits per heavy atom. The van der Waals surface area contributed by atoms with Crippen molar-refractivity contribution < 1.29 is 22.0 Å². The average Bonchev–Trinajstić information content (AvgIpc) is 3.51. The highest BCUT2D eigenvalue weighted by atomic mass is 32.1. The molecule has 0 aliphatic heterocycles. The van der Waals surface area contributed by atoms with Crippen molar-refractivity contribution >= 4 is 45.4 Å². The van der Waals surface area contributed by atoms with E-state index in [2.05, 4.69) is 8.75 Å². The summed E-state index contributed by atoms with van der Waals surface area (Å²) in [6.07, 6.45) is 0. The molecule has 5 rings (SSSR count). The number of aromatic nitrogens is 2. The van der Waals surface area contributed by atoms with Crippen LogP contribution in [-0.2, 0) is 0 Å². The van der Waals surface area contributed by atoms with Crippen molar-refractivity contribution in [3.8, 4) is 31.3 Å².